The molecule has 1 atom stereocenters. The molecule has 1 aliphatic rings. The van der Waals surface area contributed by atoms with Gasteiger partial charge in [-0.15, -0.1) is 0 Å². The van der Waals surface area contributed by atoms with E-state index in [1.807, 2.05) is 18.5 Å². The molecule has 0 spiro atoms. The van der Waals surface area contributed by atoms with Crippen molar-refractivity contribution in [2.24, 2.45) is 0 Å². The first-order chi connectivity index (χ1) is 10.7. The number of likely N-dealkylation sites (tertiary alicyclic amines) is 1. The Hall–Kier alpha value is -1.87. The summed E-state index contributed by atoms with van der Waals surface area (Å²) in [5.74, 6) is 0. The van der Waals surface area contributed by atoms with Crippen molar-refractivity contribution >= 4 is 5.69 Å². The van der Waals surface area contributed by atoms with Crippen molar-refractivity contribution in [3.05, 3.63) is 59.9 Å². The van der Waals surface area contributed by atoms with Crippen LogP contribution in [0.4, 0.5) is 5.69 Å². The van der Waals surface area contributed by atoms with Crippen LogP contribution in [0.1, 0.15) is 36.4 Å². The molecule has 0 radical (unpaired) electrons. The minimum absolute atomic E-state index is 0.510. The van der Waals surface area contributed by atoms with Crippen LogP contribution in [0, 0.1) is 0 Å². The van der Waals surface area contributed by atoms with Crippen LogP contribution < -0.4 is 4.90 Å². The molecule has 3 heteroatoms. The van der Waals surface area contributed by atoms with E-state index in [4.69, 9.17) is 0 Å². The Morgan fingerprint density at radius 1 is 1.14 bits per heavy atom. The summed E-state index contributed by atoms with van der Waals surface area (Å²) >= 11 is 0. The standard InChI is InChI=1S/C19H25N3/c1-21(2)18-10-8-16(9-11-18)15-22-13-4-3-7-19(22)17-6-5-12-20-14-17/h5-6,8-12,14,19H,3-4,7,13,15H2,1-2H3/t19-/m0/s1. The Bertz CT molecular complexity index is 577. The summed E-state index contributed by atoms with van der Waals surface area (Å²) < 4.78 is 0. The zero-order valence-corrected chi connectivity index (χ0v) is 13.6. The first-order valence-electron chi connectivity index (χ1n) is 8.14. The quantitative estimate of drug-likeness (QED) is 0.853. The van der Waals surface area contributed by atoms with Gasteiger partial charge in [-0.2, -0.15) is 0 Å². The number of anilines is 1. The first-order valence-corrected chi connectivity index (χ1v) is 8.14. The van der Waals surface area contributed by atoms with Crippen LogP contribution in [0.15, 0.2) is 48.8 Å². The summed E-state index contributed by atoms with van der Waals surface area (Å²) in [5.41, 5.74) is 4.00. The molecule has 3 rings (SSSR count). The highest BCUT2D eigenvalue weighted by Crippen LogP contribution is 2.31. The molecule has 1 aromatic carbocycles. The van der Waals surface area contributed by atoms with Crippen LogP contribution in [0.3, 0.4) is 0 Å². The topological polar surface area (TPSA) is 19.4 Å². The third kappa shape index (κ3) is 3.47. The number of pyridine rings is 1. The maximum atomic E-state index is 4.30. The Kier molecular flexibility index (Phi) is 4.74. The molecule has 0 saturated carbocycles. The number of piperidine rings is 1. The van der Waals surface area contributed by atoms with E-state index in [2.05, 4.69) is 59.2 Å². The lowest BCUT2D eigenvalue weighted by atomic mass is 9.96. The summed E-state index contributed by atoms with van der Waals surface area (Å²) in [7, 11) is 4.16. The van der Waals surface area contributed by atoms with Crippen molar-refractivity contribution in [2.45, 2.75) is 31.8 Å². The van der Waals surface area contributed by atoms with Gasteiger partial charge in [-0.25, -0.2) is 0 Å². The fraction of sp³-hybridized carbons (Fsp3) is 0.421. The van der Waals surface area contributed by atoms with Crippen molar-refractivity contribution in [2.75, 3.05) is 25.5 Å². The Morgan fingerprint density at radius 3 is 2.64 bits per heavy atom. The highest BCUT2D eigenvalue weighted by molar-refractivity contribution is 5.46. The Morgan fingerprint density at radius 2 is 1.95 bits per heavy atom. The van der Waals surface area contributed by atoms with Crippen LogP contribution in [0.2, 0.25) is 0 Å². The summed E-state index contributed by atoms with van der Waals surface area (Å²) in [5, 5.41) is 0. The number of aromatic nitrogens is 1. The van der Waals surface area contributed by atoms with E-state index in [9.17, 15) is 0 Å². The summed E-state index contributed by atoms with van der Waals surface area (Å²) in [6, 6.07) is 13.7. The predicted octanol–water partition coefficient (Wildman–Crippen LogP) is 3.87. The van der Waals surface area contributed by atoms with E-state index in [-0.39, 0.29) is 0 Å². The molecule has 0 N–H and O–H groups in total. The van der Waals surface area contributed by atoms with Crippen molar-refractivity contribution in [3.8, 4) is 0 Å². The van der Waals surface area contributed by atoms with Gasteiger partial charge in [-0.3, -0.25) is 9.88 Å². The maximum absolute atomic E-state index is 4.30. The molecule has 0 aliphatic carbocycles. The van der Waals surface area contributed by atoms with E-state index >= 15 is 0 Å². The van der Waals surface area contributed by atoms with Crippen molar-refractivity contribution in [1.29, 1.82) is 0 Å². The van der Waals surface area contributed by atoms with Crippen LogP contribution in [-0.2, 0) is 6.54 Å². The molecular formula is C19H25N3. The lowest BCUT2D eigenvalue weighted by Crippen LogP contribution is -2.33. The molecular weight excluding hydrogens is 270 g/mol. The lowest BCUT2D eigenvalue weighted by molar-refractivity contribution is 0.140. The normalized spacial score (nSPS) is 19.1. The predicted molar refractivity (Wildman–Crippen MR) is 92.0 cm³/mol. The molecule has 22 heavy (non-hydrogen) atoms. The Labute approximate surface area is 133 Å². The van der Waals surface area contributed by atoms with E-state index in [0.717, 1.165) is 6.54 Å². The van der Waals surface area contributed by atoms with Crippen molar-refractivity contribution in [3.63, 3.8) is 0 Å². The van der Waals surface area contributed by atoms with E-state index in [1.165, 1.54) is 42.6 Å². The highest BCUT2D eigenvalue weighted by atomic mass is 15.2. The van der Waals surface area contributed by atoms with Gasteiger partial charge in [-0.1, -0.05) is 24.6 Å². The molecule has 116 valence electrons. The van der Waals surface area contributed by atoms with E-state index < -0.39 is 0 Å². The Balaban J connectivity index is 1.74. The minimum Gasteiger partial charge on any atom is -0.378 e. The largest absolute Gasteiger partial charge is 0.378 e. The highest BCUT2D eigenvalue weighted by Gasteiger charge is 2.23. The summed E-state index contributed by atoms with van der Waals surface area (Å²) in [6.07, 6.45) is 7.73. The monoisotopic (exact) mass is 295 g/mol. The fourth-order valence-corrected chi connectivity index (χ4v) is 3.26. The first kappa shape index (κ1) is 15.0. The van der Waals surface area contributed by atoms with E-state index in [0.29, 0.717) is 6.04 Å². The number of hydrogen-bond donors (Lipinski definition) is 0. The molecule has 1 saturated heterocycles. The van der Waals surface area contributed by atoms with Crippen molar-refractivity contribution in [1.82, 2.24) is 9.88 Å². The van der Waals surface area contributed by atoms with Crippen molar-refractivity contribution < 1.29 is 0 Å². The van der Waals surface area contributed by atoms with Gasteiger partial charge in [0.05, 0.1) is 0 Å². The zero-order chi connectivity index (χ0) is 15.4. The van der Waals surface area contributed by atoms with Crippen LogP contribution >= 0.6 is 0 Å². The molecule has 1 aromatic heterocycles. The summed E-state index contributed by atoms with van der Waals surface area (Å²) in [4.78, 5) is 9.04. The minimum atomic E-state index is 0.510. The molecule has 3 nitrogen and oxygen atoms in total. The van der Waals surface area contributed by atoms with Crippen LogP contribution in [-0.4, -0.2) is 30.5 Å². The van der Waals surface area contributed by atoms with Gasteiger partial charge >= 0.3 is 0 Å². The smallest absolute Gasteiger partial charge is 0.0366 e. The lowest BCUT2D eigenvalue weighted by Gasteiger charge is -2.36. The zero-order valence-electron chi connectivity index (χ0n) is 13.6. The molecule has 1 fully saturated rings. The number of hydrogen-bond acceptors (Lipinski definition) is 3. The third-order valence-corrected chi connectivity index (χ3v) is 4.52. The molecule has 2 heterocycles. The summed E-state index contributed by atoms with van der Waals surface area (Å²) in [6.45, 7) is 2.20. The van der Waals surface area contributed by atoms with Gasteiger partial charge in [0.15, 0.2) is 0 Å². The average Bonchev–Trinajstić information content (AvgIpc) is 2.57. The third-order valence-electron chi connectivity index (χ3n) is 4.52. The molecule has 0 unspecified atom stereocenters. The molecule has 0 bridgehead atoms. The second kappa shape index (κ2) is 6.93. The second-order valence-electron chi connectivity index (χ2n) is 6.33. The number of nitrogens with zero attached hydrogens (tertiary/aromatic N) is 3. The number of rotatable bonds is 4. The van der Waals surface area contributed by atoms with Gasteiger partial charge in [0.1, 0.15) is 0 Å². The molecule has 1 aliphatic heterocycles. The second-order valence-corrected chi connectivity index (χ2v) is 6.33. The van der Waals surface area contributed by atoms with Crippen LogP contribution in [0.25, 0.3) is 0 Å². The van der Waals surface area contributed by atoms with Gasteiger partial charge < -0.3 is 4.90 Å². The average molecular weight is 295 g/mol. The van der Waals surface area contributed by atoms with Gasteiger partial charge in [0, 0.05) is 44.8 Å². The van der Waals surface area contributed by atoms with Crippen LogP contribution in [0.5, 0.6) is 0 Å². The SMILES string of the molecule is CN(C)c1ccc(CN2CCCC[C@H]2c2cccnc2)cc1. The molecule has 2 aromatic rings. The number of benzene rings is 1. The van der Waals surface area contributed by atoms with E-state index in [1.54, 1.807) is 0 Å². The van der Waals surface area contributed by atoms with Gasteiger partial charge in [-0.05, 0) is 48.7 Å². The molecule has 0 amide bonds. The maximum Gasteiger partial charge on any atom is 0.0366 e. The fourth-order valence-electron chi connectivity index (χ4n) is 3.26. The van der Waals surface area contributed by atoms with Gasteiger partial charge in [0.2, 0.25) is 0 Å². The van der Waals surface area contributed by atoms with Gasteiger partial charge in [0.25, 0.3) is 0 Å².